The number of aliphatic hydroxyl groups excluding tert-OH is 1. The molecule has 0 aliphatic carbocycles. The number of fused-ring (bicyclic) bond motifs is 2. The quantitative estimate of drug-likeness (QED) is 0.567. The average Bonchev–Trinajstić information content (AvgIpc) is 2.48. The van der Waals surface area contributed by atoms with Crippen LogP contribution >= 0.6 is 0 Å². The normalized spacial score (nSPS) is 34.3. The first-order valence-corrected chi connectivity index (χ1v) is 3.69. The van der Waals surface area contributed by atoms with Crippen LogP contribution in [0.3, 0.4) is 0 Å². The molecule has 2 aliphatic rings. The molecule has 1 saturated heterocycles. The monoisotopic (exact) mass is 377 g/mol. The van der Waals surface area contributed by atoms with Crippen LogP contribution in [0.2, 0.25) is 0 Å². The maximum atomic E-state index is 8.65. The fourth-order valence-electron chi connectivity index (χ4n) is 1.61. The molecule has 2 aliphatic heterocycles. The van der Waals surface area contributed by atoms with Crippen LogP contribution in [0.5, 0.6) is 0 Å². The van der Waals surface area contributed by atoms with Gasteiger partial charge >= 0.3 is 0 Å². The summed E-state index contributed by atoms with van der Waals surface area (Å²) < 4.78 is 5.48. The molecule has 2 unspecified atom stereocenters. The summed E-state index contributed by atoms with van der Waals surface area (Å²) in [6.45, 7) is 0.260. The van der Waals surface area contributed by atoms with E-state index in [1.165, 1.54) is 5.92 Å². The van der Waals surface area contributed by atoms with Gasteiger partial charge in [-0.1, -0.05) is 12.2 Å². The standard InChI is InChI=1S/C8H11O2.U/c9-4-3-6-5-7-1-2-8(6)10-7;/h1-2,7-9H,3-5H2;/q-1;. The van der Waals surface area contributed by atoms with E-state index in [4.69, 9.17) is 9.84 Å². The van der Waals surface area contributed by atoms with Gasteiger partial charge in [-0.3, -0.25) is 5.92 Å². The van der Waals surface area contributed by atoms with Gasteiger partial charge in [-0.15, -0.1) is 6.42 Å². The van der Waals surface area contributed by atoms with E-state index in [0.29, 0.717) is 6.10 Å². The molecule has 0 spiro atoms. The van der Waals surface area contributed by atoms with Gasteiger partial charge in [0, 0.05) is 43.8 Å². The topological polar surface area (TPSA) is 29.5 Å². The fourth-order valence-corrected chi connectivity index (χ4v) is 1.61. The molecule has 1 N–H and O–H groups in total. The van der Waals surface area contributed by atoms with E-state index in [2.05, 4.69) is 12.2 Å². The number of rotatable bonds is 2. The zero-order valence-electron chi connectivity index (χ0n) is 6.29. The Morgan fingerprint density at radius 3 is 2.82 bits per heavy atom. The zero-order valence-corrected chi connectivity index (χ0v) is 10.4. The minimum absolute atomic E-state index is 0. The molecule has 2 nitrogen and oxygen atoms in total. The summed E-state index contributed by atoms with van der Waals surface area (Å²) in [6, 6.07) is 0. The third-order valence-corrected chi connectivity index (χ3v) is 2.12. The Bertz CT molecular complexity index is 158. The van der Waals surface area contributed by atoms with Gasteiger partial charge in [0.2, 0.25) is 0 Å². The van der Waals surface area contributed by atoms with Crippen molar-refractivity contribution in [3.63, 3.8) is 0 Å². The van der Waals surface area contributed by atoms with Gasteiger partial charge in [0.1, 0.15) is 0 Å². The molecule has 2 atom stereocenters. The van der Waals surface area contributed by atoms with E-state index < -0.39 is 0 Å². The van der Waals surface area contributed by atoms with Crippen LogP contribution in [-0.2, 0) is 4.74 Å². The molecule has 0 aromatic carbocycles. The second-order valence-corrected chi connectivity index (χ2v) is 2.82. The Balaban J connectivity index is 0.000000605. The maximum Gasteiger partial charge on any atom is 0.0462 e. The van der Waals surface area contributed by atoms with E-state index in [1.807, 2.05) is 0 Å². The van der Waals surface area contributed by atoms with Crippen LogP contribution in [-0.4, -0.2) is 23.9 Å². The van der Waals surface area contributed by atoms with Crippen LogP contribution in [0.1, 0.15) is 12.8 Å². The smallest absolute Gasteiger partial charge is 0.0462 e. The van der Waals surface area contributed by atoms with Crippen LogP contribution in [0, 0.1) is 37.0 Å². The molecule has 0 aromatic rings. The molecule has 0 radical (unpaired) electrons. The first-order valence-electron chi connectivity index (χ1n) is 3.69. The zero-order chi connectivity index (χ0) is 6.97. The van der Waals surface area contributed by atoms with Crippen molar-refractivity contribution in [2.45, 2.75) is 25.0 Å². The summed E-state index contributed by atoms with van der Waals surface area (Å²) in [5, 5.41) is 8.65. The van der Waals surface area contributed by atoms with Crippen molar-refractivity contribution in [3.8, 4) is 0 Å². The number of ether oxygens (including phenoxy) is 1. The summed E-state index contributed by atoms with van der Waals surface area (Å²) in [5.74, 6) is 1.36. The Morgan fingerprint density at radius 1 is 1.55 bits per heavy atom. The van der Waals surface area contributed by atoms with Gasteiger partial charge in [-0.05, 0) is 6.10 Å². The SMILES string of the molecule is OCC[C-]1CC2C=CC1O2.[U]. The molecule has 1 fully saturated rings. The summed E-state index contributed by atoms with van der Waals surface area (Å²) in [4.78, 5) is 0. The number of aliphatic hydroxyl groups is 1. The molecule has 2 heterocycles. The first kappa shape index (κ1) is 9.80. The predicted octanol–water partition coefficient (Wildman–Crippen LogP) is 0.671. The molecule has 0 aromatic heterocycles. The van der Waals surface area contributed by atoms with Crippen LogP contribution in [0.15, 0.2) is 12.2 Å². The summed E-state index contributed by atoms with van der Waals surface area (Å²) in [6.07, 6.45) is 6.58. The van der Waals surface area contributed by atoms with Gasteiger partial charge in [-0.25, -0.2) is 0 Å². The first-order chi connectivity index (χ1) is 4.90. The predicted molar refractivity (Wildman–Crippen MR) is 37.4 cm³/mol. The van der Waals surface area contributed by atoms with Crippen molar-refractivity contribution in [2.75, 3.05) is 6.61 Å². The molecule has 0 saturated carbocycles. The van der Waals surface area contributed by atoms with Crippen LogP contribution in [0.4, 0.5) is 0 Å². The van der Waals surface area contributed by atoms with Crippen LogP contribution in [0.25, 0.3) is 0 Å². The van der Waals surface area contributed by atoms with Crippen molar-refractivity contribution in [1.82, 2.24) is 0 Å². The minimum Gasteiger partial charge on any atom is -0.401 e. The number of hydrogen-bond acceptors (Lipinski definition) is 2. The molecule has 2 bridgehead atoms. The van der Waals surface area contributed by atoms with Gasteiger partial charge in [0.25, 0.3) is 0 Å². The minimum atomic E-state index is 0. The van der Waals surface area contributed by atoms with Crippen molar-refractivity contribution < 1.29 is 41.0 Å². The summed E-state index contributed by atoms with van der Waals surface area (Å²) in [5.41, 5.74) is 0. The molecule has 2 rings (SSSR count). The van der Waals surface area contributed by atoms with E-state index in [0.717, 1.165) is 12.8 Å². The van der Waals surface area contributed by atoms with Crippen molar-refractivity contribution >= 4 is 0 Å². The molecule has 3 heteroatoms. The molecule has 60 valence electrons. The maximum absolute atomic E-state index is 8.65. The van der Waals surface area contributed by atoms with E-state index >= 15 is 0 Å². The molecule has 0 amide bonds. The summed E-state index contributed by atoms with van der Waals surface area (Å²) in [7, 11) is 0. The Labute approximate surface area is 90.4 Å². The number of hydrogen-bond donors (Lipinski definition) is 1. The third-order valence-electron chi connectivity index (χ3n) is 2.12. The molecular weight excluding hydrogens is 366 g/mol. The van der Waals surface area contributed by atoms with E-state index in [-0.39, 0.29) is 43.8 Å². The van der Waals surface area contributed by atoms with E-state index in [9.17, 15) is 0 Å². The second kappa shape index (κ2) is 4.09. The van der Waals surface area contributed by atoms with Gasteiger partial charge in [0.15, 0.2) is 0 Å². The van der Waals surface area contributed by atoms with Gasteiger partial charge in [0.05, 0.1) is 0 Å². The Kier molecular flexibility index (Phi) is 3.65. The molecular formula is C8H11O2U-. The fraction of sp³-hybridized carbons (Fsp3) is 0.625. The Morgan fingerprint density at radius 2 is 2.36 bits per heavy atom. The van der Waals surface area contributed by atoms with E-state index in [1.54, 1.807) is 0 Å². The largest absolute Gasteiger partial charge is 0.401 e. The Hall–Kier alpha value is 0.712. The van der Waals surface area contributed by atoms with Gasteiger partial charge in [-0.2, -0.15) is 6.42 Å². The molecule has 11 heavy (non-hydrogen) atoms. The second-order valence-electron chi connectivity index (χ2n) is 2.82. The van der Waals surface area contributed by atoms with Gasteiger partial charge < -0.3 is 9.84 Å². The summed E-state index contributed by atoms with van der Waals surface area (Å²) >= 11 is 0. The van der Waals surface area contributed by atoms with Crippen molar-refractivity contribution in [3.05, 3.63) is 18.1 Å². The average molecular weight is 377 g/mol. The van der Waals surface area contributed by atoms with Crippen molar-refractivity contribution in [2.24, 2.45) is 0 Å². The van der Waals surface area contributed by atoms with Crippen LogP contribution < -0.4 is 0 Å². The third kappa shape index (κ3) is 1.90. The van der Waals surface area contributed by atoms with Crippen molar-refractivity contribution in [1.29, 1.82) is 0 Å².